The lowest BCUT2D eigenvalue weighted by molar-refractivity contribution is -0.132. The van der Waals surface area contributed by atoms with Crippen LogP contribution in [0.25, 0.3) is 0 Å². The first-order valence-corrected chi connectivity index (χ1v) is 10.6. The van der Waals surface area contributed by atoms with Crippen LogP contribution in [0.5, 0.6) is 0 Å². The van der Waals surface area contributed by atoms with Gasteiger partial charge in [0.25, 0.3) is 5.91 Å². The third-order valence-electron chi connectivity index (χ3n) is 5.39. The Morgan fingerprint density at radius 1 is 1.36 bits per heavy atom. The Kier molecular flexibility index (Phi) is 6.61. The molecule has 0 bridgehead atoms. The van der Waals surface area contributed by atoms with Crippen LogP contribution in [0.3, 0.4) is 0 Å². The summed E-state index contributed by atoms with van der Waals surface area (Å²) in [5, 5.41) is 5.57. The number of hydrogen-bond donors (Lipinski definition) is 2. The smallest absolute Gasteiger partial charge is 0.256 e. The first-order chi connectivity index (χ1) is 13.5. The van der Waals surface area contributed by atoms with E-state index >= 15 is 0 Å². The predicted molar refractivity (Wildman–Crippen MR) is 108 cm³/mol. The fraction of sp³-hybridized carbons (Fsp3) is 0.550. The maximum atomic E-state index is 13.0. The van der Waals surface area contributed by atoms with E-state index in [-0.39, 0.29) is 29.0 Å². The van der Waals surface area contributed by atoms with Crippen molar-refractivity contribution in [2.24, 2.45) is 5.92 Å². The standard InChI is InChI=1S/C20H27N3O4S/c1-4-12(2)16(18(25)21-9-10-27-3)22-17(24)15-11-28-20-14-8-6-5-7-13(14)19(26)23(15)20/h5-8,12,15-16,20H,4,9-11H2,1-3H3,(H,21,25)(H,22,24)/t12-,15-,16-,20-/m0/s1. The van der Waals surface area contributed by atoms with E-state index in [0.717, 1.165) is 12.0 Å². The lowest BCUT2D eigenvalue weighted by Gasteiger charge is -2.28. The maximum Gasteiger partial charge on any atom is 0.256 e. The molecule has 0 aromatic heterocycles. The average molecular weight is 406 g/mol. The number of ether oxygens (including phenoxy) is 1. The Morgan fingerprint density at radius 3 is 2.82 bits per heavy atom. The van der Waals surface area contributed by atoms with E-state index in [0.29, 0.717) is 24.5 Å². The number of benzene rings is 1. The summed E-state index contributed by atoms with van der Waals surface area (Å²) in [6.45, 7) is 4.71. The van der Waals surface area contributed by atoms with E-state index in [1.165, 1.54) is 0 Å². The van der Waals surface area contributed by atoms with Crippen LogP contribution < -0.4 is 10.6 Å². The zero-order chi connectivity index (χ0) is 20.3. The van der Waals surface area contributed by atoms with Crippen molar-refractivity contribution >= 4 is 29.5 Å². The van der Waals surface area contributed by atoms with Gasteiger partial charge in [0.15, 0.2) is 0 Å². The van der Waals surface area contributed by atoms with Crippen LogP contribution in [0.15, 0.2) is 24.3 Å². The minimum absolute atomic E-state index is 0.0252. The number of thioether (sulfide) groups is 1. The Bertz CT molecular complexity index is 757. The molecule has 0 aliphatic carbocycles. The lowest BCUT2D eigenvalue weighted by atomic mass is 9.98. The van der Waals surface area contributed by atoms with Gasteiger partial charge < -0.3 is 20.3 Å². The second-order valence-corrected chi connectivity index (χ2v) is 8.27. The van der Waals surface area contributed by atoms with Gasteiger partial charge in [-0.2, -0.15) is 0 Å². The minimum atomic E-state index is -0.640. The molecule has 8 heteroatoms. The number of carbonyl (C=O) groups excluding carboxylic acids is 3. The molecule has 0 radical (unpaired) electrons. The summed E-state index contributed by atoms with van der Waals surface area (Å²) in [5.74, 6) is -0.116. The highest BCUT2D eigenvalue weighted by molar-refractivity contribution is 7.99. The second-order valence-electron chi connectivity index (χ2n) is 7.16. The number of rotatable bonds is 8. The van der Waals surface area contributed by atoms with Crippen LogP contribution in [-0.2, 0) is 14.3 Å². The molecule has 2 aliphatic rings. The molecule has 3 amide bonds. The van der Waals surface area contributed by atoms with Gasteiger partial charge in [0.05, 0.1) is 6.61 Å². The molecule has 1 saturated heterocycles. The van der Waals surface area contributed by atoms with Crippen LogP contribution in [0.2, 0.25) is 0 Å². The largest absolute Gasteiger partial charge is 0.383 e. The molecule has 2 heterocycles. The van der Waals surface area contributed by atoms with Gasteiger partial charge >= 0.3 is 0 Å². The van der Waals surface area contributed by atoms with Crippen molar-refractivity contribution in [3.05, 3.63) is 35.4 Å². The molecule has 0 unspecified atom stereocenters. The first-order valence-electron chi connectivity index (χ1n) is 9.59. The van der Waals surface area contributed by atoms with E-state index in [2.05, 4.69) is 10.6 Å². The molecule has 7 nitrogen and oxygen atoms in total. The highest BCUT2D eigenvalue weighted by Crippen LogP contribution is 2.48. The summed E-state index contributed by atoms with van der Waals surface area (Å²) in [6.07, 6.45) is 0.749. The van der Waals surface area contributed by atoms with Gasteiger partial charge in [-0.3, -0.25) is 14.4 Å². The van der Waals surface area contributed by atoms with E-state index in [1.807, 2.05) is 32.0 Å². The number of carbonyl (C=O) groups is 3. The molecule has 1 fully saturated rings. The summed E-state index contributed by atoms with van der Waals surface area (Å²) in [4.78, 5) is 40.1. The molecule has 3 rings (SSSR count). The molecule has 28 heavy (non-hydrogen) atoms. The van der Waals surface area contributed by atoms with Gasteiger partial charge in [0.2, 0.25) is 11.8 Å². The molecule has 1 aromatic rings. The lowest BCUT2D eigenvalue weighted by Crippen LogP contribution is -2.55. The number of nitrogens with zero attached hydrogens (tertiary/aromatic N) is 1. The van der Waals surface area contributed by atoms with Crippen molar-refractivity contribution < 1.29 is 19.1 Å². The first kappa shape index (κ1) is 20.7. The molecule has 1 aromatic carbocycles. The van der Waals surface area contributed by atoms with Gasteiger partial charge in [-0.1, -0.05) is 38.5 Å². The van der Waals surface area contributed by atoms with E-state index in [9.17, 15) is 14.4 Å². The molecule has 152 valence electrons. The van der Waals surface area contributed by atoms with Gasteiger partial charge in [-0.05, 0) is 17.5 Å². The summed E-state index contributed by atoms with van der Waals surface area (Å²) in [7, 11) is 1.57. The number of nitrogens with one attached hydrogen (secondary N) is 2. The molecular formula is C20H27N3O4S. The minimum Gasteiger partial charge on any atom is -0.383 e. The van der Waals surface area contributed by atoms with Crippen molar-refractivity contribution in [2.45, 2.75) is 37.7 Å². The summed E-state index contributed by atoms with van der Waals surface area (Å²) in [6, 6.07) is 6.27. The van der Waals surface area contributed by atoms with Crippen LogP contribution >= 0.6 is 11.8 Å². The van der Waals surface area contributed by atoms with Crippen molar-refractivity contribution in [1.29, 1.82) is 0 Å². The second kappa shape index (κ2) is 8.96. The van der Waals surface area contributed by atoms with Crippen LogP contribution in [-0.4, -0.2) is 60.7 Å². The fourth-order valence-electron chi connectivity index (χ4n) is 3.58. The fourth-order valence-corrected chi connectivity index (χ4v) is 5.04. The van der Waals surface area contributed by atoms with Gasteiger partial charge in [-0.25, -0.2) is 0 Å². The van der Waals surface area contributed by atoms with Gasteiger partial charge in [-0.15, -0.1) is 11.8 Å². The van der Waals surface area contributed by atoms with Crippen LogP contribution in [0, 0.1) is 5.92 Å². The molecule has 4 atom stereocenters. The summed E-state index contributed by atoms with van der Waals surface area (Å²) in [5.41, 5.74) is 1.62. The number of methoxy groups -OCH3 is 1. The number of fused-ring (bicyclic) bond motifs is 3. The maximum absolute atomic E-state index is 13.0. The van der Waals surface area contributed by atoms with Crippen molar-refractivity contribution in [3.8, 4) is 0 Å². The van der Waals surface area contributed by atoms with E-state index < -0.39 is 12.1 Å². The molecule has 0 saturated carbocycles. The van der Waals surface area contributed by atoms with Crippen molar-refractivity contribution in [3.63, 3.8) is 0 Å². The average Bonchev–Trinajstić information content (AvgIpc) is 3.26. The van der Waals surface area contributed by atoms with Gasteiger partial charge in [0, 0.05) is 25.0 Å². The predicted octanol–water partition coefficient (Wildman–Crippen LogP) is 1.55. The van der Waals surface area contributed by atoms with Crippen molar-refractivity contribution in [2.75, 3.05) is 26.0 Å². The SMILES string of the molecule is CC[C@H](C)[C@H](NC(=O)[C@@H]1CS[C@H]2c3ccccc3C(=O)N12)C(=O)NCCOC. The van der Waals surface area contributed by atoms with Gasteiger partial charge in [0.1, 0.15) is 17.5 Å². The Balaban J connectivity index is 1.71. The van der Waals surface area contributed by atoms with E-state index in [1.54, 1.807) is 29.8 Å². The zero-order valence-corrected chi connectivity index (χ0v) is 17.3. The van der Waals surface area contributed by atoms with Crippen LogP contribution in [0.1, 0.15) is 41.6 Å². The van der Waals surface area contributed by atoms with E-state index in [4.69, 9.17) is 4.74 Å². The highest BCUT2D eigenvalue weighted by Gasteiger charge is 2.48. The zero-order valence-electron chi connectivity index (χ0n) is 16.4. The quantitative estimate of drug-likeness (QED) is 0.641. The highest BCUT2D eigenvalue weighted by atomic mass is 32.2. The summed E-state index contributed by atoms with van der Waals surface area (Å²) < 4.78 is 4.96. The number of hydrogen-bond acceptors (Lipinski definition) is 5. The Hall–Kier alpha value is -2.06. The third-order valence-corrected chi connectivity index (χ3v) is 6.70. The molecule has 2 N–H and O–H groups in total. The molecule has 2 aliphatic heterocycles. The normalized spacial score (nSPS) is 22.4. The molecule has 0 spiro atoms. The van der Waals surface area contributed by atoms with Crippen LogP contribution in [0.4, 0.5) is 0 Å². The third kappa shape index (κ3) is 3.89. The van der Waals surface area contributed by atoms with Crippen molar-refractivity contribution in [1.82, 2.24) is 15.5 Å². The summed E-state index contributed by atoms with van der Waals surface area (Å²) >= 11 is 1.59. The Labute approximate surface area is 169 Å². The Morgan fingerprint density at radius 2 is 2.11 bits per heavy atom. The number of amides is 3. The monoisotopic (exact) mass is 405 g/mol. The topological polar surface area (TPSA) is 87.7 Å². The molecular weight excluding hydrogens is 378 g/mol.